The Morgan fingerprint density at radius 3 is 2.25 bits per heavy atom. The maximum Gasteiger partial charge on any atom is 0.0190 e. The average molecular weight is 167 g/mol. The van der Waals surface area contributed by atoms with Gasteiger partial charge >= 0.3 is 0 Å². The number of hydrogen-bond acceptors (Lipinski definition) is 1. The van der Waals surface area contributed by atoms with Crippen LogP contribution in [0.4, 0.5) is 0 Å². The molecule has 2 aliphatic rings. The number of rotatable bonds is 1. The van der Waals surface area contributed by atoms with Crippen molar-refractivity contribution in [3.05, 3.63) is 0 Å². The van der Waals surface area contributed by atoms with Crippen molar-refractivity contribution in [2.45, 2.75) is 59.2 Å². The van der Waals surface area contributed by atoms with E-state index in [-0.39, 0.29) is 0 Å². The van der Waals surface area contributed by atoms with Gasteiger partial charge in [0.15, 0.2) is 0 Å². The third kappa shape index (κ3) is 0.891. The highest BCUT2D eigenvalue weighted by atomic mass is 15.3. The standard InChI is InChI=1S/C11H21N/c1-7(2)12-8(3)6-9-10(12)11(9,4)5/h7-10H,6H2,1-5H3. The molecule has 0 aromatic rings. The fourth-order valence-electron chi connectivity index (χ4n) is 3.33. The van der Waals surface area contributed by atoms with Crippen molar-refractivity contribution in [2.24, 2.45) is 11.3 Å². The molecule has 3 unspecified atom stereocenters. The molecule has 1 aliphatic carbocycles. The van der Waals surface area contributed by atoms with Crippen molar-refractivity contribution < 1.29 is 0 Å². The molecular weight excluding hydrogens is 146 g/mol. The number of nitrogens with zero attached hydrogens (tertiary/aromatic N) is 1. The van der Waals surface area contributed by atoms with Crippen LogP contribution in [0, 0.1) is 11.3 Å². The van der Waals surface area contributed by atoms with Gasteiger partial charge in [-0.25, -0.2) is 0 Å². The normalized spacial score (nSPS) is 45.0. The molecule has 12 heavy (non-hydrogen) atoms. The van der Waals surface area contributed by atoms with E-state index in [0.29, 0.717) is 5.41 Å². The molecule has 1 saturated heterocycles. The second-order valence-corrected chi connectivity index (χ2v) is 5.50. The predicted molar refractivity (Wildman–Crippen MR) is 52.1 cm³/mol. The summed E-state index contributed by atoms with van der Waals surface area (Å²) in [5.41, 5.74) is 0.622. The Hall–Kier alpha value is -0.0400. The van der Waals surface area contributed by atoms with Gasteiger partial charge in [-0.05, 0) is 38.5 Å². The third-order valence-corrected chi connectivity index (χ3v) is 4.01. The van der Waals surface area contributed by atoms with Gasteiger partial charge in [0.05, 0.1) is 0 Å². The van der Waals surface area contributed by atoms with Crippen LogP contribution in [0.5, 0.6) is 0 Å². The average Bonchev–Trinajstić information content (AvgIpc) is 2.40. The van der Waals surface area contributed by atoms with Crippen LogP contribution < -0.4 is 0 Å². The first kappa shape index (κ1) is 8.55. The van der Waals surface area contributed by atoms with E-state index in [1.165, 1.54) is 6.42 Å². The van der Waals surface area contributed by atoms with Crippen LogP contribution in [0.3, 0.4) is 0 Å². The molecule has 0 amide bonds. The summed E-state index contributed by atoms with van der Waals surface area (Å²) in [6.07, 6.45) is 1.43. The van der Waals surface area contributed by atoms with Gasteiger partial charge in [-0.15, -0.1) is 0 Å². The minimum absolute atomic E-state index is 0.622. The van der Waals surface area contributed by atoms with Crippen molar-refractivity contribution >= 4 is 0 Å². The highest BCUT2D eigenvalue weighted by Gasteiger charge is 2.65. The number of hydrogen-bond donors (Lipinski definition) is 0. The van der Waals surface area contributed by atoms with Gasteiger partial charge in [0.1, 0.15) is 0 Å². The molecule has 1 nitrogen and oxygen atoms in total. The number of likely N-dealkylation sites (tertiary alicyclic amines) is 1. The van der Waals surface area contributed by atoms with Crippen molar-refractivity contribution in [1.29, 1.82) is 0 Å². The summed E-state index contributed by atoms with van der Waals surface area (Å²) in [6.45, 7) is 11.9. The fourth-order valence-corrected chi connectivity index (χ4v) is 3.33. The summed E-state index contributed by atoms with van der Waals surface area (Å²) >= 11 is 0. The van der Waals surface area contributed by atoms with Crippen LogP contribution >= 0.6 is 0 Å². The zero-order valence-electron chi connectivity index (χ0n) is 8.96. The van der Waals surface area contributed by atoms with Crippen molar-refractivity contribution in [3.8, 4) is 0 Å². The Kier molecular flexibility index (Phi) is 1.61. The minimum Gasteiger partial charge on any atom is -0.294 e. The monoisotopic (exact) mass is 167 g/mol. The summed E-state index contributed by atoms with van der Waals surface area (Å²) in [5.74, 6) is 0.995. The van der Waals surface area contributed by atoms with Crippen LogP contribution in [0.25, 0.3) is 0 Å². The molecule has 70 valence electrons. The van der Waals surface area contributed by atoms with Gasteiger partial charge in [-0.1, -0.05) is 13.8 Å². The molecule has 1 heterocycles. The van der Waals surface area contributed by atoms with E-state index in [1.807, 2.05) is 0 Å². The van der Waals surface area contributed by atoms with Crippen molar-refractivity contribution in [3.63, 3.8) is 0 Å². The smallest absolute Gasteiger partial charge is 0.0190 e. The van der Waals surface area contributed by atoms with Gasteiger partial charge in [0.25, 0.3) is 0 Å². The third-order valence-electron chi connectivity index (χ3n) is 4.01. The lowest BCUT2D eigenvalue weighted by molar-refractivity contribution is 0.149. The minimum atomic E-state index is 0.622. The highest BCUT2D eigenvalue weighted by Crippen LogP contribution is 2.62. The van der Waals surface area contributed by atoms with Crippen LogP contribution in [0.2, 0.25) is 0 Å². The van der Waals surface area contributed by atoms with Crippen molar-refractivity contribution in [1.82, 2.24) is 4.90 Å². The molecule has 0 aromatic heterocycles. The van der Waals surface area contributed by atoms with Crippen molar-refractivity contribution in [2.75, 3.05) is 0 Å². The highest BCUT2D eigenvalue weighted by molar-refractivity contribution is 5.18. The summed E-state index contributed by atoms with van der Waals surface area (Å²) in [7, 11) is 0. The zero-order valence-corrected chi connectivity index (χ0v) is 8.96. The van der Waals surface area contributed by atoms with E-state index >= 15 is 0 Å². The lowest BCUT2D eigenvalue weighted by Gasteiger charge is -2.31. The van der Waals surface area contributed by atoms with Gasteiger partial charge in [-0.3, -0.25) is 4.90 Å². The predicted octanol–water partition coefficient (Wildman–Crippen LogP) is 2.51. The van der Waals surface area contributed by atoms with Gasteiger partial charge < -0.3 is 0 Å². The van der Waals surface area contributed by atoms with E-state index in [9.17, 15) is 0 Å². The summed E-state index contributed by atoms with van der Waals surface area (Å²) in [5, 5.41) is 0. The van der Waals surface area contributed by atoms with Crippen LogP contribution in [0.1, 0.15) is 41.0 Å². The van der Waals surface area contributed by atoms with Gasteiger partial charge in [0.2, 0.25) is 0 Å². The summed E-state index contributed by atoms with van der Waals surface area (Å²) < 4.78 is 0. The molecule has 0 radical (unpaired) electrons. The van der Waals surface area contributed by atoms with Gasteiger partial charge in [0, 0.05) is 18.1 Å². The Morgan fingerprint density at radius 2 is 1.92 bits per heavy atom. The first-order chi connectivity index (χ1) is 5.46. The Bertz CT molecular complexity index is 195. The van der Waals surface area contributed by atoms with Crippen LogP contribution in [-0.2, 0) is 0 Å². The maximum absolute atomic E-state index is 2.71. The van der Waals surface area contributed by atoms with Gasteiger partial charge in [-0.2, -0.15) is 0 Å². The molecule has 0 bridgehead atoms. The summed E-state index contributed by atoms with van der Waals surface area (Å²) in [4.78, 5) is 2.71. The Balaban J connectivity index is 2.13. The molecule has 2 fully saturated rings. The molecule has 1 saturated carbocycles. The largest absolute Gasteiger partial charge is 0.294 e. The molecule has 3 atom stereocenters. The lowest BCUT2D eigenvalue weighted by Crippen LogP contribution is -2.39. The molecule has 1 heteroatoms. The molecule has 0 spiro atoms. The van der Waals surface area contributed by atoms with E-state index in [4.69, 9.17) is 0 Å². The number of piperidine rings is 1. The Labute approximate surface area is 76.1 Å². The topological polar surface area (TPSA) is 3.24 Å². The van der Waals surface area contributed by atoms with Crippen LogP contribution in [0.15, 0.2) is 0 Å². The van der Waals surface area contributed by atoms with E-state index in [1.54, 1.807) is 0 Å². The Morgan fingerprint density at radius 1 is 1.33 bits per heavy atom. The fraction of sp³-hybridized carbons (Fsp3) is 1.00. The quantitative estimate of drug-likeness (QED) is 0.580. The lowest BCUT2D eigenvalue weighted by atomic mass is 10.0. The van der Waals surface area contributed by atoms with E-state index in [0.717, 1.165) is 24.0 Å². The van der Waals surface area contributed by atoms with E-state index < -0.39 is 0 Å². The second kappa shape index (κ2) is 2.25. The SMILES string of the molecule is CC(C)N1C(C)CC2C1C2(C)C. The van der Waals surface area contributed by atoms with Crippen LogP contribution in [-0.4, -0.2) is 23.0 Å². The first-order valence-corrected chi connectivity index (χ1v) is 5.23. The molecule has 1 aliphatic heterocycles. The second-order valence-electron chi connectivity index (χ2n) is 5.50. The molecule has 0 N–H and O–H groups in total. The van der Waals surface area contributed by atoms with E-state index in [2.05, 4.69) is 39.5 Å². The molecule has 2 rings (SSSR count). The first-order valence-electron chi connectivity index (χ1n) is 5.23. The number of fused-ring (bicyclic) bond motifs is 1. The zero-order chi connectivity index (χ0) is 9.09. The molecule has 0 aromatic carbocycles. The maximum atomic E-state index is 2.71. The molecular formula is C11H21N. The summed E-state index contributed by atoms with van der Waals surface area (Å²) in [6, 6.07) is 2.46.